The molecule has 0 saturated carbocycles. The van der Waals surface area contributed by atoms with Crippen LogP contribution in [0.2, 0.25) is 0 Å². The van der Waals surface area contributed by atoms with Gasteiger partial charge in [-0.1, -0.05) is 35.9 Å². The quantitative estimate of drug-likeness (QED) is 0.804. The van der Waals surface area contributed by atoms with Crippen LogP contribution in [0, 0.1) is 6.92 Å². The van der Waals surface area contributed by atoms with Crippen LogP contribution in [0.15, 0.2) is 42.5 Å². The van der Waals surface area contributed by atoms with Crippen LogP contribution in [0.3, 0.4) is 0 Å². The van der Waals surface area contributed by atoms with Crippen LogP contribution in [-0.2, 0) is 4.79 Å². The maximum atomic E-state index is 11.6. The summed E-state index contributed by atoms with van der Waals surface area (Å²) < 4.78 is 0. The first-order chi connectivity index (χ1) is 8.65. The molecule has 1 unspecified atom stereocenters. The zero-order chi connectivity index (χ0) is 12.7. The molecule has 90 valence electrons. The molecule has 2 nitrogen and oxygen atoms in total. The molecule has 1 N–H and O–H groups in total. The normalized spacial score (nSPS) is 17.4. The SMILES string of the molecule is Cc1ccc(-c2ccc3c(c2)C(C)C(=O)N3)cc1. The van der Waals surface area contributed by atoms with Gasteiger partial charge in [-0.15, -0.1) is 0 Å². The molecule has 1 aliphatic heterocycles. The van der Waals surface area contributed by atoms with E-state index in [1.807, 2.05) is 13.0 Å². The van der Waals surface area contributed by atoms with Crippen molar-refractivity contribution in [1.29, 1.82) is 0 Å². The van der Waals surface area contributed by atoms with Gasteiger partial charge in [0.1, 0.15) is 0 Å². The average molecular weight is 237 g/mol. The number of carbonyl (C=O) groups excluding carboxylic acids is 1. The lowest BCUT2D eigenvalue weighted by Crippen LogP contribution is -2.08. The highest BCUT2D eigenvalue weighted by Gasteiger charge is 2.26. The van der Waals surface area contributed by atoms with Gasteiger partial charge in [0.15, 0.2) is 0 Å². The van der Waals surface area contributed by atoms with Crippen molar-refractivity contribution < 1.29 is 4.79 Å². The minimum Gasteiger partial charge on any atom is -0.325 e. The van der Waals surface area contributed by atoms with Crippen LogP contribution in [-0.4, -0.2) is 5.91 Å². The predicted molar refractivity (Wildman–Crippen MR) is 73.7 cm³/mol. The van der Waals surface area contributed by atoms with E-state index in [2.05, 4.69) is 48.6 Å². The lowest BCUT2D eigenvalue weighted by Gasteiger charge is -2.06. The molecule has 2 heteroatoms. The number of rotatable bonds is 1. The molecule has 1 atom stereocenters. The molecule has 1 aliphatic rings. The van der Waals surface area contributed by atoms with Crippen LogP contribution in [0.1, 0.15) is 24.0 Å². The number of amides is 1. The Kier molecular flexibility index (Phi) is 2.44. The molecule has 0 bridgehead atoms. The van der Waals surface area contributed by atoms with Gasteiger partial charge in [-0.05, 0) is 42.7 Å². The molecule has 0 aromatic heterocycles. The van der Waals surface area contributed by atoms with Crippen LogP contribution >= 0.6 is 0 Å². The minimum absolute atomic E-state index is 0.0506. The topological polar surface area (TPSA) is 29.1 Å². The number of fused-ring (bicyclic) bond motifs is 1. The summed E-state index contributed by atoms with van der Waals surface area (Å²) in [6, 6.07) is 14.6. The third-order valence-electron chi connectivity index (χ3n) is 3.55. The molecular weight excluding hydrogens is 222 g/mol. The summed E-state index contributed by atoms with van der Waals surface area (Å²) in [7, 11) is 0. The van der Waals surface area contributed by atoms with Gasteiger partial charge in [0, 0.05) is 5.69 Å². The lowest BCUT2D eigenvalue weighted by atomic mass is 9.97. The highest BCUT2D eigenvalue weighted by atomic mass is 16.2. The van der Waals surface area contributed by atoms with E-state index in [0.29, 0.717) is 0 Å². The van der Waals surface area contributed by atoms with Crippen molar-refractivity contribution in [1.82, 2.24) is 0 Å². The Morgan fingerprint density at radius 1 is 1.00 bits per heavy atom. The number of hydrogen-bond acceptors (Lipinski definition) is 1. The summed E-state index contributed by atoms with van der Waals surface area (Å²) in [5.41, 5.74) is 5.65. The van der Waals surface area contributed by atoms with Crippen LogP contribution in [0.25, 0.3) is 11.1 Å². The highest BCUT2D eigenvalue weighted by molar-refractivity contribution is 6.03. The Bertz CT molecular complexity index is 613. The molecular formula is C16H15NO. The van der Waals surface area contributed by atoms with Gasteiger partial charge in [0.25, 0.3) is 0 Å². The van der Waals surface area contributed by atoms with Crippen molar-refractivity contribution in [3.63, 3.8) is 0 Å². The molecule has 2 aromatic rings. The zero-order valence-corrected chi connectivity index (χ0v) is 10.5. The summed E-state index contributed by atoms with van der Waals surface area (Å²) in [4.78, 5) is 11.6. The number of aryl methyl sites for hydroxylation is 1. The number of nitrogens with one attached hydrogen (secondary N) is 1. The molecule has 0 aliphatic carbocycles. The molecule has 0 fully saturated rings. The summed E-state index contributed by atoms with van der Waals surface area (Å²) in [5, 5.41) is 2.90. The summed E-state index contributed by atoms with van der Waals surface area (Å²) in [5.74, 6) is 0.0384. The third-order valence-corrected chi connectivity index (χ3v) is 3.55. The molecule has 3 rings (SSSR count). The first kappa shape index (κ1) is 11.0. The molecule has 0 saturated heterocycles. The van der Waals surface area contributed by atoms with E-state index in [9.17, 15) is 4.79 Å². The first-order valence-corrected chi connectivity index (χ1v) is 6.17. The Morgan fingerprint density at radius 2 is 1.67 bits per heavy atom. The number of hydrogen-bond donors (Lipinski definition) is 1. The standard InChI is InChI=1S/C16H15NO/c1-10-3-5-12(6-4-10)13-7-8-15-14(9-13)11(2)16(18)17-15/h3-9,11H,1-2H3,(H,17,18). The molecule has 0 radical (unpaired) electrons. The Hall–Kier alpha value is -2.09. The Balaban J connectivity index is 2.06. The minimum atomic E-state index is -0.0506. The van der Waals surface area contributed by atoms with Gasteiger partial charge in [0.2, 0.25) is 5.91 Å². The largest absolute Gasteiger partial charge is 0.325 e. The average Bonchev–Trinajstić information content (AvgIpc) is 2.66. The zero-order valence-electron chi connectivity index (χ0n) is 10.5. The van der Waals surface area contributed by atoms with Gasteiger partial charge in [-0.2, -0.15) is 0 Å². The van der Waals surface area contributed by atoms with Crippen LogP contribution < -0.4 is 5.32 Å². The number of carbonyl (C=O) groups is 1. The van der Waals surface area contributed by atoms with E-state index >= 15 is 0 Å². The smallest absolute Gasteiger partial charge is 0.231 e. The maximum absolute atomic E-state index is 11.6. The Labute approximate surface area is 107 Å². The monoisotopic (exact) mass is 237 g/mol. The van der Waals surface area contributed by atoms with E-state index in [-0.39, 0.29) is 11.8 Å². The fraction of sp³-hybridized carbons (Fsp3) is 0.188. The van der Waals surface area contributed by atoms with Crippen molar-refractivity contribution in [2.45, 2.75) is 19.8 Å². The van der Waals surface area contributed by atoms with E-state index < -0.39 is 0 Å². The first-order valence-electron chi connectivity index (χ1n) is 6.17. The fourth-order valence-electron chi connectivity index (χ4n) is 2.34. The fourth-order valence-corrected chi connectivity index (χ4v) is 2.34. The second-order valence-corrected chi connectivity index (χ2v) is 4.88. The molecule has 1 heterocycles. The third kappa shape index (κ3) is 1.70. The number of anilines is 1. The van der Waals surface area contributed by atoms with Gasteiger partial charge >= 0.3 is 0 Å². The van der Waals surface area contributed by atoms with Crippen LogP contribution in [0.5, 0.6) is 0 Å². The summed E-state index contributed by atoms with van der Waals surface area (Å²) >= 11 is 0. The summed E-state index contributed by atoms with van der Waals surface area (Å²) in [6.45, 7) is 4.03. The second-order valence-electron chi connectivity index (χ2n) is 4.88. The highest BCUT2D eigenvalue weighted by Crippen LogP contribution is 2.35. The van der Waals surface area contributed by atoms with Crippen molar-refractivity contribution in [2.75, 3.05) is 5.32 Å². The van der Waals surface area contributed by atoms with Gasteiger partial charge in [0.05, 0.1) is 5.92 Å². The van der Waals surface area contributed by atoms with Crippen molar-refractivity contribution in [2.24, 2.45) is 0 Å². The lowest BCUT2D eigenvalue weighted by molar-refractivity contribution is -0.116. The van der Waals surface area contributed by atoms with Crippen molar-refractivity contribution >= 4 is 11.6 Å². The molecule has 0 spiro atoms. The number of benzene rings is 2. The van der Waals surface area contributed by atoms with E-state index in [1.165, 1.54) is 11.1 Å². The molecule has 18 heavy (non-hydrogen) atoms. The van der Waals surface area contributed by atoms with Crippen molar-refractivity contribution in [3.05, 3.63) is 53.6 Å². The predicted octanol–water partition coefficient (Wildman–Crippen LogP) is 3.72. The van der Waals surface area contributed by atoms with E-state index in [4.69, 9.17) is 0 Å². The van der Waals surface area contributed by atoms with Crippen LogP contribution in [0.4, 0.5) is 5.69 Å². The molecule has 1 amide bonds. The maximum Gasteiger partial charge on any atom is 0.231 e. The summed E-state index contributed by atoms with van der Waals surface area (Å²) in [6.07, 6.45) is 0. The van der Waals surface area contributed by atoms with Gasteiger partial charge in [-0.25, -0.2) is 0 Å². The Morgan fingerprint density at radius 3 is 2.39 bits per heavy atom. The van der Waals surface area contributed by atoms with E-state index in [1.54, 1.807) is 0 Å². The van der Waals surface area contributed by atoms with Crippen molar-refractivity contribution in [3.8, 4) is 11.1 Å². The van der Waals surface area contributed by atoms with Gasteiger partial charge in [-0.3, -0.25) is 4.79 Å². The second kappa shape index (κ2) is 3.98. The van der Waals surface area contributed by atoms with Gasteiger partial charge < -0.3 is 5.32 Å². The van der Waals surface area contributed by atoms with E-state index in [0.717, 1.165) is 16.8 Å². The molecule has 2 aromatic carbocycles.